The van der Waals surface area contributed by atoms with Gasteiger partial charge in [0.15, 0.2) is 0 Å². The van der Waals surface area contributed by atoms with E-state index in [0.29, 0.717) is 6.42 Å². The lowest BCUT2D eigenvalue weighted by molar-refractivity contribution is 0.375. The molecule has 0 saturated heterocycles. The van der Waals surface area contributed by atoms with E-state index in [1.165, 1.54) is 12.2 Å². The molecule has 23 heavy (non-hydrogen) atoms. The molecule has 1 aliphatic rings. The van der Waals surface area contributed by atoms with Crippen LogP contribution in [0.1, 0.15) is 31.2 Å². The zero-order chi connectivity index (χ0) is 17.0. The average Bonchev–Trinajstić information content (AvgIpc) is 2.45. The zero-order valence-corrected chi connectivity index (χ0v) is 13.6. The van der Waals surface area contributed by atoms with Crippen LogP contribution in [0.5, 0.6) is 5.75 Å². The average molecular weight is 337 g/mol. The van der Waals surface area contributed by atoms with Crippen molar-refractivity contribution in [3.05, 3.63) is 53.8 Å². The highest BCUT2D eigenvalue weighted by Gasteiger charge is 2.21. The number of allylic oxidation sites excluding steroid dienone is 3. The quantitative estimate of drug-likeness (QED) is 0.615. The summed E-state index contributed by atoms with van der Waals surface area (Å²) in [6.07, 6.45) is 5.91. The van der Waals surface area contributed by atoms with Gasteiger partial charge in [0.1, 0.15) is 11.5 Å². The normalized spacial score (nSPS) is 21.3. The maximum absolute atomic E-state index is 11.1. The van der Waals surface area contributed by atoms with Crippen LogP contribution in [-0.4, -0.2) is 25.7 Å². The summed E-state index contributed by atoms with van der Waals surface area (Å²) in [5.41, 5.74) is 1.27. The van der Waals surface area contributed by atoms with Crippen molar-refractivity contribution in [3.63, 3.8) is 0 Å². The molecule has 1 aliphatic carbocycles. The Morgan fingerprint density at radius 2 is 1.87 bits per heavy atom. The summed E-state index contributed by atoms with van der Waals surface area (Å²) in [7, 11) is -4.54. The van der Waals surface area contributed by atoms with Crippen molar-refractivity contribution in [1.82, 2.24) is 0 Å². The SMILES string of the molecule is CC(CCC1C=CC(O)=CC1=NP(=O)(O)O)c1ccc(O)cc1. The highest BCUT2D eigenvalue weighted by molar-refractivity contribution is 7.50. The van der Waals surface area contributed by atoms with E-state index in [4.69, 9.17) is 9.79 Å². The van der Waals surface area contributed by atoms with Crippen LogP contribution in [-0.2, 0) is 4.57 Å². The first kappa shape index (κ1) is 17.5. The molecule has 0 bridgehead atoms. The van der Waals surface area contributed by atoms with E-state index >= 15 is 0 Å². The monoisotopic (exact) mass is 337 g/mol. The van der Waals surface area contributed by atoms with E-state index in [2.05, 4.69) is 4.76 Å². The van der Waals surface area contributed by atoms with E-state index in [9.17, 15) is 14.8 Å². The van der Waals surface area contributed by atoms with Gasteiger partial charge in [-0.3, -0.25) is 0 Å². The van der Waals surface area contributed by atoms with Crippen LogP contribution in [0.15, 0.2) is 53.0 Å². The molecule has 2 rings (SSSR count). The van der Waals surface area contributed by atoms with Crippen LogP contribution in [0.25, 0.3) is 0 Å². The summed E-state index contributed by atoms with van der Waals surface area (Å²) < 4.78 is 14.5. The van der Waals surface area contributed by atoms with E-state index in [-0.39, 0.29) is 29.1 Å². The predicted octanol–water partition coefficient (Wildman–Crippen LogP) is 3.44. The second kappa shape index (κ2) is 7.13. The van der Waals surface area contributed by atoms with E-state index in [1.807, 2.05) is 19.1 Å². The Hall–Kier alpha value is -1.88. The lowest BCUT2D eigenvalue weighted by Gasteiger charge is -2.19. The minimum Gasteiger partial charge on any atom is -0.508 e. The highest BCUT2D eigenvalue weighted by atomic mass is 31.2. The molecule has 1 aromatic rings. The van der Waals surface area contributed by atoms with Gasteiger partial charge in [0, 0.05) is 12.0 Å². The number of hydrogen-bond acceptors (Lipinski definition) is 3. The largest absolute Gasteiger partial charge is 0.508 e. The van der Waals surface area contributed by atoms with Gasteiger partial charge >= 0.3 is 7.75 Å². The summed E-state index contributed by atoms with van der Waals surface area (Å²) >= 11 is 0. The van der Waals surface area contributed by atoms with Gasteiger partial charge in [-0.15, -0.1) is 0 Å². The number of phenolic OH excluding ortho intramolecular Hbond substituents is 1. The maximum Gasteiger partial charge on any atom is 0.448 e. The maximum atomic E-state index is 11.1. The van der Waals surface area contributed by atoms with Gasteiger partial charge in [-0.1, -0.05) is 25.1 Å². The summed E-state index contributed by atoms with van der Waals surface area (Å²) in [6, 6.07) is 6.97. The Labute approximate surface area is 134 Å². The van der Waals surface area contributed by atoms with Gasteiger partial charge in [0.05, 0.1) is 5.71 Å². The molecule has 124 valence electrons. The van der Waals surface area contributed by atoms with Crippen molar-refractivity contribution < 1.29 is 24.6 Å². The lowest BCUT2D eigenvalue weighted by atomic mass is 9.87. The first-order chi connectivity index (χ1) is 10.7. The number of aliphatic hydroxyl groups is 1. The third kappa shape index (κ3) is 5.36. The number of hydrogen-bond donors (Lipinski definition) is 4. The Morgan fingerprint density at radius 1 is 1.22 bits per heavy atom. The van der Waals surface area contributed by atoms with Gasteiger partial charge in [0.25, 0.3) is 0 Å². The highest BCUT2D eigenvalue weighted by Crippen LogP contribution is 2.38. The Bertz CT molecular complexity index is 687. The fraction of sp³-hybridized carbons (Fsp3) is 0.312. The van der Waals surface area contributed by atoms with Crippen molar-refractivity contribution >= 4 is 13.5 Å². The molecular formula is C16H20NO5P. The Balaban J connectivity index is 2.06. The van der Waals surface area contributed by atoms with Crippen LogP contribution in [0.4, 0.5) is 0 Å². The molecule has 2 unspecified atom stereocenters. The molecule has 0 fully saturated rings. The predicted molar refractivity (Wildman–Crippen MR) is 88.6 cm³/mol. The van der Waals surface area contributed by atoms with E-state index < -0.39 is 7.75 Å². The fourth-order valence-corrected chi connectivity index (χ4v) is 3.02. The van der Waals surface area contributed by atoms with E-state index in [0.717, 1.165) is 12.0 Å². The molecule has 0 radical (unpaired) electrons. The van der Waals surface area contributed by atoms with Crippen molar-refractivity contribution in [2.75, 3.05) is 0 Å². The second-order valence-corrected chi connectivity index (χ2v) is 6.87. The van der Waals surface area contributed by atoms with Gasteiger partial charge < -0.3 is 20.0 Å². The third-order valence-electron chi connectivity index (χ3n) is 3.79. The Morgan fingerprint density at radius 3 is 2.48 bits per heavy atom. The number of aromatic hydroxyl groups is 1. The van der Waals surface area contributed by atoms with Gasteiger partial charge in [0.2, 0.25) is 0 Å². The molecule has 0 heterocycles. The van der Waals surface area contributed by atoms with Gasteiger partial charge in [-0.05, 0) is 42.5 Å². The minimum absolute atomic E-state index is 0.0694. The second-order valence-electron chi connectivity index (χ2n) is 5.64. The van der Waals surface area contributed by atoms with Crippen molar-refractivity contribution in [1.29, 1.82) is 0 Å². The number of nitrogens with zero attached hydrogens (tertiary/aromatic N) is 1. The van der Waals surface area contributed by atoms with Crippen molar-refractivity contribution in [3.8, 4) is 5.75 Å². The van der Waals surface area contributed by atoms with Crippen LogP contribution in [0.3, 0.4) is 0 Å². The molecule has 0 spiro atoms. The smallest absolute Gasteiger partial charge is 0.448 e. The number of rotatable bonds is 5. The van der Waals surface area contributed by atoms with E-state index in [1.54, 1.807) is 18.2 Å². The van der Waals surface area contributed by atoms with Gasteiger partial charge in [-0.2, -0.15) is 4.76 Å². The molecule has 0 aromatic heterocycles. The van der Waals surface area contributed by atoms with Crippen molar-refractivity contribution in [2.45, 2.75) is 25.7 Å². The summed E-state index contributed by atoms with van der Waals surface area (Å²) in [5, 5.41) is 18.8. The fourth-order valence-electron chi connectivity index (χ4n) is 2.52. The number of aliphatic hydroxyl groups excluding tert-OH is 1. The molecule has 4 N–H and O–H groups in total. The standard InChI is InChI=1S/C16H20NO5P/c1-11(12-4-7-14(18)8-5-12)2-3-13-6-9-15(19)10-16(13)17-23(20,21)22/h4-11,13,18-19H,2-3H2,1H3,(H2,20,21,22). The van der Waals surface area contributed by atoms with Crippen LogP contribution in [0, 0.1) is 5.92 Å². The summed E-state index contributed by atoms with van der Waals surface area (Å²) in [5.74, 6) is 0.116. The summed E-state index contributed by atoms with van der Waals surface area (Å²) in [6.45, 7) is 2.05. The zero-order valence-electron chi connectivity index (χ0n) is 12.7. The number of benzene rings is 1. The third-order valence-corrected chi connectivity index (χ3v) is 4.28. The first-order valence-corrected chi connectivity index (χ1v) is 8.84. The van der Waals surface area contributed by atoms with Crippen molar-refractivity contribution in [2.24, 2.45) is 10.7 Å². The topological polar surface area (TPSA) is 110 Å². The molecule has 2 atom stereocenters. The lowest BCUT2D eigenvalue weighted by Crippen LogP contribution is -2.15. The molecule has 7 heteroatoms. The molecule has 0 amide bonds. The number of phenols is 1. The minimum atomic E-state index is -4.54. The molecule has 0 saturated carbocycles. The van der Waals surface area contributed by atoms with Gasteiger partial charge in [-0.25, -0.2) is 4.57 Å². The molecule has 0 aliphatic heterocycles. The molecular weight excluding hydrogens is 317 g/mol. The Kier molecular flexibility index (Phi) is 5.42. The van der Waals surface area contributed by atoms with Crippen LogP contribution < -0.4 is 0 Å². The summed E-state index contributed by atoms with van der Waals surface area (Å²) in [4.78, 5) is 18.0. The molecule has 1 aromatic carbocycles. The van der Waals surface area contributed by atoms with Crippen LogP contribution >= 0.6 is 7.75 Å². The first-order valence-electron chi connectivity index (χ1n) is 7.28. The van der Waals surface area contributed by atoms with Crippen LogP contribution in [0.2, 0.25) is 0 Å². The molecule has 6 nitrogen and oxygen atoms in total.